The van der Waals surface area contributed by atoms with Crippen molar-refractivity contribution >= 4 is 17.5 Å². The second-order valence-electron chi connectivity index (χ2n) is 5.41. The van der Waals surface area contributed by atoms with Crippen molar-refractivity contribution in [2.24, 2.45) is 5.41 Å². The highest BCUT2D eigenvalue weighted by Crippen LogP contribution is 2.23. The molecule has 0 bridgehead atoms. The minimum Gasteiger partial charge on any atom is -0.368 e. The number of carbonyl (C=O) groups excluding carboxylic acids is 1. The molecule has 0 spiro atoms. The summed E-state index contributed by atoms with van der Waals surface area (Å²) in [5.41, 5.74) is 0.0309. The Labute approximate surface area is 103 Å². The van der Waals surface area contributed by atoms with Crippen LogP contribution in [0.15, 0.2) is 0 Å². The van der Waals surface area contributed by atoms with E-state index in [9.17, 15) is 4.79 Å². The van der Waals surface area contributed by atoms with E-state index in [1.54, 1.807) is 0 Å². The molecule has 1 N–H and O–H groups in total. The molecule has 0 radical (unpaired) electrons. The van der Waals surface area contributed by atoms with Crippen molar-refractivity contribution in [3.05, 3.63) is 0 Å². The van der Waals surface area contributed by atoms with Gasteiger partial charge in [0.1, 0.15) is 6.10 Å². The van der Waals surface area contributed by atoms with Crippen LogP contribution in [-0.2, 0) is 9.53 Å². The summed E-state index contributed by atoms with van der Waals surface area (Å²) in [6, 6.07) is 0.113. The Morgan fingerprint density at radius 3 is 2.69 bits per heavy atom. The fourth-order valence-corrected chi connectivity index (χ4v) is 2.10. The summed E-state index contributed by atoms with van der Waals surface area (Å²) in [6.07, 6.45) is 2.36. The van der Waals surface area contributed by atoms with Gasteiger partial charge in [0.05, 0.1) is 0 Å². The van der Waals surface area contributed by atoms with Crippen LogP contribution in [0.5, 0.6) is 0 Å². The zero-order valence-corrected chi connectivity index (χ0v) is 11.1. The van der Waals surface area contributed by atoms with Crippen LogP contribution in [0.3, 0.4) is 0 Å². The molecule has 0 aromatic heterocycles. The number of hydrogen-bond acceptors (Lipinski definition) is 2. The molecule has 1 aliphatic rings. The molecule has 4 heteroatoms. The molecule has 0 aromatic rings. The van der Waals surface area contributed by atoms with E-state index in [-0.39, 0.29) is 23.5 Å². The normalized spacial score (nSPS) is 23.1. The van der Waals surface area contributed by atoms with Gasteiger partial charge in [-0.1, -0.05) is 20.8 Å². The summed E-state index contributed by atoms with van der Waals surface area (Å²) in [7, 11) is 0. The van der Waals surface area contributed by atoms with Crippen LogP contribution in [0.4, 0.5) is 0 Å². The van der Waals surface area contributed by atoms with E-state index in [0.29, 0.717) is 12.5 Å². The van der Waals surface area contributed by atoms with Gasteiger partial charge in [0.15, 0.2) is 0 Å². The van der Waals surface area contributed by atoms with E-state index in [1.165, 1.54) is 0 Å². The monoisotopic (exact) mass is 247 g/mol. The van der Waals surface area contributed by atoms with Gasteiger partial charge in [-0.2, -0.15) is 0 Å². The van der Waals surface area contributed by atoms with Gasteiger partial charge in [-0.25, -0.2) is 0 Å². The lowest BCUT2D eigenvalue weighted by molar-refractivity contribution is -0.131. The summed E-state index contributed by atoms with van der Waals surface area (Å²) in [5, 5.41) is 3.05. The van der Waals surface area contributed by atoms with E-state index >= 15 is 0 Å². The number of hydrogen-bond donors (Lipinski definition) is 1. The van der Waals surface area contributed by atoms with Crippen LogP contribution in [0.25, 0.3) is 0 Å². The first-order chi connectivity index (χ1) is 7.45. The van der Waals surface area contributed by atoms with Gasteiger partial charge >= 0.3 is 0 Å². The minimum atomic E-state index is -0.250. The summed E-state index contributed by atoms with van der Waals surface area (Å²) in [4.78, 5) is 11.9. The fraction of sp³-hybridized carbons (Fsp3) is 0.917. The first kappa shape index (κ1) is 13.8. The predicted octanol–water partition coefficient (Wildman–Crippen LogP) is 2.33. The molecule has 3 nitrogen and oxygen atoms in total. The van der Waals surface area contributed by atoms with Crippen LogP contribution in [-0.4, -0.2) is 30.5 Å². The average Bonchev–Trinajstić information content (AvgIpc) is 2.68. The van der Waals surface area contributed by atoms with Crippen LogP contribution in [0.2, 0.25) is 0 Å². The van der Waals surface area contributed by atoms with E-state index in [1.807, 2.05) is 0 Å². The zero-order valence-electron chi connectivity index (χ0n) is 10.4. The van der Waals surface area contributed by atoms with Crippen LogP contribution >= 0.6 is 11.6 Å². The Morgan fingerprint density at radius 1 is 1.56 bits per heavy atom. The molecule has 2 atom stereocenters. The lowest BCUT2D eigenvalue weighted by atomic mass is 9.85. The smallest absolute Gasteiger partial charge is 0.249 e. The fourth-order valence-electron chi connectivity index (χ4n) is 1.88. The Kier molecular flexibility index (Phi) is 5.06. The molecule has 2 unspecified atom stereocenters. The number of nitrogens with one attached hydrogen (secondary N) is 1. The first-order valence-corrected chi connectivity index (χ1v) is 6.46. The molecule has 1 saturated heterocycles. The summed E-state index contributed by atoms with van der Waals surface area (Å²) < 4.78 is 5.36. The molecular formula is C12H22ClNO2. The third-order valence-corrected chi connectivity index (χ3v) is 3.20. The Morgan fingerprint density at radius 2 is 2.25 bits per heavy atom. The Bertz CT molecular complexity index is 232. The standard InChI is InChI=1S/C12H22ClNO2/c1-12(2,3)10(6-7-13)14-11(15)9-5-4-8-16-9/h9-10H,4-8H2,1-3H3,(H,14,15). The lowest BCUT2D eigenvalue weighted by Crippen LogP contribution is -2.47. The van der Waals surface area contributed by atoms with Crippen molar-refractivity contribution in [1.29, 1.82) is 0 Å². The zero-order chi connectivity index (χ0) is 12.2. The number of ether oxygens (including phenoxy) is 1. The van der Waals surface area contributed by atoms with E-state index in [4.69, 9.17) is 16.3 Å². The number of amides is 1. The molecule has 1 heterocycles. The third kappa shape index (κ3) is 3.95. The van der Waals surface area contributed by atoms with Crippen LogP contribution in [0, 0.1) is 5.41 Å². The van der Waals surface area contributed by atoms with Gasteiger partial charge < -0.3 is 10.1 Å². The first-order valence-electron chi connectivity index (χ1n) is 5.93. The van der Waals surface area contributed by atoms with Gasteiger partial charge in [-0.05, 0) is 24.7 Å². The molecule has 1 fully saturated rings. The maximum atomic E-state index is 11.9. The Balaban J connectivity index is 2.50. The summed E-state index contributed by atoms with van der Waals surface area (Å²) in [5.74, 6) is 0.579. The summed E-state index contributed by atoms with van der Waals surface area (Å²) in [6.45, 7) is 7.04. The van der Waals surface area contributed by atoms with Gasteiger partial charge in [-0.15, -0.1) is 11.6 Å². The van der Waals surface area contributed by atoms with Crippen molar-refractivity contribution in [3.63, 3.8) is 0 Å². The number of carbonyl (C=O) groups is 1. The van der Waals surface area contributed by atoms with Crippen LogP contribution in [0.1, 0.15) is 40.0 Å². The van der Waals surface area contributed by atoms with Crippen molar-refractivity contribution in [3.8, 4) is 0 Å². The predicted molar refractivity (Wildman–Crippen MR) is 65.7 cm³/mol. The van der Waals surface area contributed by atoms with E-state index in [0.717, 1.165) is 19.3 Å². The highest BCUT2D eigenvalue weighted by molar-refractivity contribution is 6.17. The molecule has 1 amide bonds. The quantitative estimate of drug-likeness (QED) is 0.775. The largest absolute Gasteiger partial charge is 0.368 e. The van der Waals surface area contributed by atoms with E-state index < -0.39 is 0 Å². The molecule has 1 rings (SSSR count). The van der Waals surface area contributed by atoms with Crippen LogP contribution < -0.4 is 5.32 Å². The second-order valence-corrected chi connectivity index (χ2v) is 5.78. The SMILES string of the molecule is CC(C)(C)C(CCCl)NC(=O)C1CCCO1. The van der Waals surface area contributed by atoms with Gasteiger partial charge in [0.2, 0.25) is 5.91 Å². The van der Waals surface area contributed by atoms with Gasteiger partial charge in [0.25, 0.3) is 0 Å². The second kappa shape index (κ2) is 5.87. The maximum Gasteiger partial charge on any atom is 0.249 e. The van der Waals surface area contributed by atoms with Crippen molar-refractivity contribution in [2.45, 2.75) is 52.2 Å². The topological polar surface area (TPSA) is 38.3 Å². The number of halogens is 1. The van der Waals surface area contributed by atoms with Gasteiger partial charge in [0, 0.05) is 18.5 Å². The van der Waals surface area contributed by atoms with Gasteiger partial charge in [-0.3, -0.25) is 4.79 Å². The minimum absolute atomic E-state index is 0.0162. The molecule has 94 valence electrons. The van der Waals surface area contributed by atoms with Crippen molar-refractivity contribution in [1.82, 2.24) is 5.32 Å². The Hall–Kier alpha value is -0.280. The molecule has 0 aliphatic carbocycles. The van der Waals surface area contributed by atoms with Crippen molar-refractivity contribution in [2.75, 3.05) is 12.5 Å². The lowest BCUT2D eigenvalue weighted by Gasteiger charge is -2.31. The average molecular weight is 248 g/mol. The molecule has 0 saturated carbocycles. The summed E-state index contributed by atoms with van der Waals surface area (Å²) >= 11 is 5.76. The maximum absolute atomic E-state index is 11.9. The molecular weight excluding hydrogens is 226 g/mol. The number of alkyl halides is 1. The molecule has 1 aliphatic heterocycles. The third-order valence-electron chi connectivity index (χ3n) is 2.98. The molecule has 0 aromatic carbocycles. The highest BCUT2D eigenvalue weighted by Gasteiger charge is 2.30. The van der Waals surface area contributed by atoms with Crippen molar-refractivity contribution < 1.29 is 9.53 Å². The number of rotatable bonds is 4. The highest BCUT2D eigenvalue weighted by atomic mass is 35.5. The van der Waals surface area contributed by atoms with E-state index in [2.05, 4.69) is 26.1 Å². The molecule has 16 heavy (non-hydrogen) atoms.